The molecule has 0 aromatic heterocycles. The van der Waals surface area contributed by atoms with Crippen molar-refractivity contribution in [2.45, 2.75) is 50.3 Å². The molecule has 0 aliphatic carbocycles. The molecule has 3 rings (SSSR count). The van der Waals surface area contributed by atoms with E-state index < -0.39 is 15.3 Å². The lowest BCUT2D eigenvalue weighted by molar-refractivity contribution is -0.0292. The normalized spacial score (nSPS) is 36.2. The van der Waals surface area contributed by atoms with Gasteiger partial charge in [-0.2, -0.15) is 4.31 Å². The van der Waals surface area contributed by atoms with Crippen LogP contribution in [0.2, 0.25) is 0 Å². The lowest BCUT2D eigenvalue weighted by Crippen LogP contribution is -2.54. The van der Waals surface area contributed by atoms with E-state index in [2.05, 4.69) is 10.9 Å². The van der Waals surface area contributed by atoms with Crippen LogP contribution in [0.25, 0.3) is 0 Å². The van der Waals surface area contributed by atoms with E-state index in [9.17, 15) is 8.42 Å². The summed E-state index contributed by atoms with van der Waals surface area (Å²) >= 11 is 0. The fraction of sp³-hybridized carbons (Fsp3) is 0.625. The zero-order chi connectivity index (χ0) is 16.6. The fourth-order valence-corrected chi connectivity index (χ4v) is 5.88. The van der Waals surface area contributed by atoms with Crippen LogP contribution in [0.4, 0.5) is 0 Å². The highest BCUT2D eigenvalue weighted by molar-refractivity contribution is 7.89. The van der Waals surface area contributed by atoms with E-state index in [0.29, 0.717) is 13.2 Å². The highest BCUT2D eigenvalue weighted by Gasteiger charge is 2.46. The van der Waals surface area contributed by atoms with Crippen LogP contribution in [-0.4, -0.2) is 49.3 Å². The van der Waals surface area contributed by atoms with E-state index >= 15 is 0 Å². The van der Waals surface area contributed by atoms with Gasteiger partial charge in [0, 0.05) is 24.7 Å². The molecule has 0 spiro atoms. The minimum atomic E-state index is -3.42. The first kappa shape index (κ1) is 16.9. The Morgan fingerprint density at radius 2 is 1.70 bits per heavy atom. The van der Waals surface area contributed by atoms with Crippen molar-refractivity contribution < 1.29 is 13.2 Å². The summed E-state index contributed by atoms with van der Waals surface area (Å²) in [5.41, 5.74) is 7.09. The van der Waals surface area contributed by atoms with Crippen molar-refractivity contribution in [1.29, 1.82) is 0 Å². The molecule has 2 aliphatic rings. The summed E-state index contributed by atoms with van der Waals surface area (Å²) in [5, 5.41) is -0.473. The van der Waals surface area contributed by atoms with E-state index in [0.717, 1.165) is 5.56 Å². The monoisotopic (exact) mass is 339 g/mol. The number of ether oxygens (including phenoxy) is 1. The molecule has 23 heavy (non-hydrogen) atoms. The van der Waals surface area contributed by atoms with Crippen molar-refractivity contribution in [3.05, 3.63) is 35.9 Å². The summed E-state index contributed by atoms with van der Waals surface area (Å²) in [4.78, 5) is 0. The van der Waals surface area contributed by atoms with Crippen molar-refractivity contribution in [1.82, 2.24) is 15.2 Å². The second-order valence-corrected chi connectivity index (χ2v) is 8.57. The highest BCUT2D eigenvalue weighted by Crippen LogP contribution is 2.30. The molecule has 2 N–H and O–H groups in total. The number of hydrogen-bond donors (Lipinski definition) is 2. The van der Waals surface area contributed by atoms with E-state index in [-0.39, 0.29) is 24.2 Å². The maximum atomic E-state index is 13.2. The van der Waals surface area contributed by atoms with Crippen LogP contribution >= 0.6 is 0 Å². The predicted octanol–water partition coefficient (Wildman–Crippen LogP) is 1.03. The number of morpholine rings is 1. The summed E-state index contributed by atoms with van der Waals surface area (Å²) in [5.74, 6) is 0. The predicted molar refractivity (Wildman–Crippen MR) is 89.2 cm³/mol. The Balaban J connectivity index is 1.85. The summed E-state index contributed by atoms with van der Waals surface area (Å²) in [6, 6.07) is 9.41. The zero-order valence-corrected chi connectivity index (χ0v) is 14.6. The Morgan fingerprint density at radius 1 is 1.09 bits per heavy atom. The van der Waals surface area contributed by atoms with Gasteiger partial charge in [0.25, 0.3) is 0 Å². The zero-order valence-electron chi connectivity index (χ0n) is 13.8. The van der Waals surface area contributed by atoms with E-state index in [1.807, 2.05) is 51.1 Å². The number of sulfonamides is 1. The number of nitrogens with zero attached hydrogens (tertiary/aromatic N) is 1. The van der Waals surface area contributed by atoms with Crippen LogP contribution in [0.15, 0.2) is 30.3 Å². The average molecular weight is 339 g/mol. The van der Waals surface area contributed by atoms with Crippen molar-refractivity contribution in [2.75, 3.05) is 13.2 Å². The molecule has 7 heteroatoms. The van der Waals surface area contributed by atoms with Gasteiger partial charge in [0.2, 0.25) is 10.0 Å². The first-order chi connectivity index (χ1) is 10.9. The Hall–Kier alpha value is -0.990. The molecule has 0 amide bonds. The maximum Gasteiger partial charge on any atom is 0.220 e. The van der Waals surface area contributed by atoms with Gasteiger partial charge < -0.3 is 4.74 Å². The summed E-state index contributed by atoms with van der Waals surface area (Å²) in [6.45, 7) is 6.49. The standard InChI is InChI=1S/C16H25N3O3S/c1-11-10-22-15(14-7-5-4-6-8-14)9-19(11)23(20,21)16-12(2)17-18-13(16)3/h4-8,11-13,15-18H,9-10H2,1-3H3. The molecule has 6 nitrogen and oxygen atoms in total. The average Bonchev–Trinajstić information content (AvgIpc) is 2.88. The van der Waals surface area contributed by atoms with Gasteiger partial charge in [-0.3, -0.25) is 10.9 Å². The lowest BCUT2D eigenvalue weighted by Gasteiger charge is -2.39. The van der Waals surface area contributed by atoms with Gasteiger partial charge in [-0.1, -0.05) is 30.3 Å². The maximum absolute atomic E-state index is 13.2. The van der Waals surface area contributed by atoms with Gasteiger partial charge in [-0.05, 0) is 26.3 Å². The van der Waals surface area contributed by atoms with Gasteiger partial charge in [0.1, 0.15) is 5.25 Å². The molecule has 2 saturated heterocycles. The molecule has 0 radical (unpaired) electrons. The van der Waals surface area contributed by atoms with Crippen molar-refractivity contribution in [3.63, 3.8) is 0 Å². The van der Waals surface area contributed by atoms with E-state index in [1.54, 1.807) is 4.31 Å². The lowest BCUT2D eigenvalue weighted by atomic mass is 10.1. The molecule has 2 heterocycles. The molecule has 2 fully saturated rings. The van der Waals surface area contributed by atoms with Crippen molar-refractivity contribution >= 4 is 10.0 Å². The fourth-order valence-electron chi connectivity index (χ4n) is 3.49. The van der Waals surface area contributed by atoms with Crippen molar-refractivity contribution in [2.24, 2.45) is 0 Å². The molecule has 0 bridgehead atoms. The molecular weight excluding hydrogens is 314 g/mol. The third-order valence-electron chi connectivity index (χ3n) is 4.74. The molecule has 1 aromatic rings. The minimum absolute atomic E-state index is 0.125. The number of nitrogens with one attached hydrogen (secondary N) is 2. The highest BCUT2D eigenvalue weighted by atomic mass is 32.2. The molecular formula is C16H25N3O3S. The largest absolute Gasteiger partial charge is 0.370 e. The first-order valence-electron chi connectivity index (χ1n) is 8.09. The number of hydrogen-bond acceptors (Lipinski definition) is 5. The molecule has 4 atom stereocenters. The second-order valence-electron chi connectivity index (χ2n) is 6.53. The second kappa shape index (κ2) is 6.49. The number of rotatable bonds is 3. The number of hydrazine groups is 1. The minimum Gasteiger partial charge on any atom is -0.370 e. The quantitative estimate of drug-likeness (QED) is 0.861. The molecule has 2 aliphatic heterocycles. The Bertz CT molecular complexity index is 627. The van der Waals surface area contributed by atoms with Gasteiger partial charge in [-0.15, -0.1) is 0 Å². The van der Waals surface area contributed by atoms with Crippen LogP contribution in [-0.2, 0) is 14.8 Å². The summed E-state index contributed by atoms with van der Waals surface area (Å²) in [6.07, 6.45) is -0.213. The van der Waals surface area contributed by atoms with Crippen LogP contribution in [0.1, 0.15) is 32.4 Å². The van der Waals surface area contributed by atoms with Crippen LogP contribution in [0.5, 0.6) is 0 Å². The van der Waals surface area contributed by atoms with Crippen LogP contribution < -0.4 is 10.9 Å². The van der Waals surface area contributed by atoms with E-state index in [4.69, 9.17) is 4.74 Å². The van der Waals surface area contributed by atoms with Gasteiger partial charge in [0.05, 0.1) is 12.7 Å². The van der Waals surface area contributed by atoms with Gasteiger partial charge in [-0.25, -0.2) is 8.42 Å². The summed E-state index contributed by atoms with van der Waals surface area (Å²) in [7, 11) is -3.42. The third kappa shape index (κ3) is 3.16. The smallest absolute Gasteiger partial charge is 0.220 e. The van der Waals surface area contributed by atoms with Gasteiger partial charge >= 0.3 is 0 Å². The Labute approximate surface area is 138 Å². The summed E-state index contributed by atoms with van der Waals surface area (Å²) < 4.78 is 33.9. The van der Waals surface area contributed by atoms with Gasteiger partial charge in [0.15, 0.2) is 0 Å². The first-order valence-corrected chi connectivity index (χ1v) is 9.60. The molecule has 4 unspecified atom stereocenters. The Morgan fingerprint density at radius 3 is 2.30 bits per heavy atom. The van der Waals surface area contributed by atoms with Crippen LogP contribution in [0, 0.1) is 0 Å². The Kier molecular flexibility index (Phi) is 4.75. The molecule has 1 aromatic carbocycles. The van der Waals surface area contributed by atoms with E-state index in [1.165, 1.54) is 0 Å². The third-order valence-corrected chi connectivity index (χ3v) is 7.41. The van der Waals surface area contributed by atoms with Crippen molar-refractivity contribution in [3.8, 4) is 0 Å². The molecule has 0 saturated carbocycles. The van der Waals surface area contributed by atoms with Crippen LogP contribution in [0.3, 0.4) is 0 Å². The number of benzene rings is 1. The topological polar surface area (TPSA) is 70.7 Å². The SMILES string of the molecule is CC1NNC(C)C1S(=O)(=O)N1CC(c2ccccc2)OCC1C. The molecule has 128 valence electrons.